The van der Waals surface area contributed by atoms with Crippen LogP contribution in [0.5, 0.6) is 5.75 Å². The van der Waals surface area contributed by atoms with Crippen LogP contribution < -0.4 is 10.1 Å². The molecule has 4 heteroatoms. The molecule has 3 nitrogen and oxygen atoms in total. The minimum absolute atomic E-state index is 0.532. The smallest absolute Gasteiger partial charge is 0.119 e. The van der Waals surface area contributed by atoms with Crippen LogP contribution in [0.3, 0.4) is 0 Å². The molecule has 1 unspecified atom stereocenters. The molecule has 0 aromatic heterocycles. The highest BCUT2D eigenvalue weighted by atomic mass is 32.2. The predicted molar refractivity (Wildman–Crippen MR) is 77.4 cm³/mol. The summed E-state index contributed by atoms with van der Waals surface area (Å²) >= 11 is 1.92. The van der Waals surface area contributed by atoms with Gasteiger partial charge < -0.3 is 10.1 Å². The molecule has 1 saturated heterocycles. The fourth-order valence-corrected chi connectivity index (χ4v) is 3.15. The van der Waals surface area contributed by atoms with Crippen LogP contribution in [0.2, 0.25) is 0 Å². The molecular weight excluding hydrogens is 244 g/mol. The molecule has 0 radical (unpaired) electrons. The standard InChI is InChI=1S/C14H22N2OS/c1-3-17-13-4-6-14(7-5-13)18-12(2)16-10-8-15-9-11-16/h4-7,12,15H,3,8-11H2,1-2H3. The average Bonchev–Trinajstić information content (AvgIpc) is 2.42. The molecule has 0 amide bonds. The van der Waals surface area contributed by atoms with Gasteiger partial charge in [0.2, 0.25) is 0 Å². The Morgan fingerprint density at radius 1 is 1.28 bits per heavy atom. The minimum atomic E-state index is 0.532. The van der Waals surface area contributed by atoms with Crippen LogP contribution in [0.15, 0.2) is 29.2 Å². The molecule has 1 heterocycles. The third kappa shape index (κ3) is 3.90. The molecule has 0 spiro atoms. The number of nitrogens with one attached hydrogen (secondary N) is 1. The van der Waals surface area contributed by atoms with Crippen molar-refractivity contribution in [2.24, 2.45) is 0 Å². The van der Waals surface area contributed by atoms with Crippen molar-refractivity contribution < 1.29 is 4.74 Å². The summed E-state index contributed by atoms with van der Waals surface area (Å²) in [6.07, 6.45) is 0. The van der Waals surface area contributed by atoms with Crippen LogP contribution in [-0.4, -0.2) is 43.1 Å². The van der Waals surface area contributed by atoms with Crippen LogP contribution >= 0.6 is 11.8 Å². The molecule has 1 aromatic carbocycles. The second-order valence-corrected chi connectivity index (χ2v) is 5.80. The van der Waals surface area contributed by atoms with Crippen molar-refractivity contribution in [2.75, 3.05) is 32.8 Å². The fourth-order valence-electron chi connectivity index (χ4n) is 2.10. The Morgan fingerprint density at radius 2 is 1.94 bits per heavy atom. The topological polar surface area (TPSA) is 24.5 Å². The number of ether oxygens (including phenoxy) is 1. The van der Waals surface area contributed by atoms with Crippen LogP contribution in [0.4, 0.5) is 0 Å². The number of thioether (sulfide) groups is 1. The molecule has 2 rings (SSSR count). The minimum Gasteiger partial charge on any atom is -0.494 e. The first-order valence-corrected chi connectivity index (χ1v) is 7.52. The van der Waals surface area contributed by atoms with Crippen molar-refractivity contribution in [2.45, 2.75) is 24.1 Å². The second kappa shape index (κ2) is 7.02. The van der Waals surface area contributed by atoms with Gasteiger partial charge in [-0.15, -0.1) is 11.8 Å². The zero-order valence-electron chi connectivity index (χ0n) is 11.2. The Morgan fingerprint density at radius 3 is 2.56 bits per heavy atom. The molecule has 0 aliphatic carbocycles. The highest BCUT2D eigenvalue weighted by Crippen LogP contribution is 2.27. The van der Waals surface area contributed by atoms with E-state index >= 15 is 0 Å². The maximum Gasteiger partial charge on any atom is 0.119 e. The molecular formula is C14H22N2OS. The summed E-state index contributed by atoms with van der Waals surface area (Å²) in [5.74, 6) is 0.955. The van der Waals surface area contributed by atoms with E-state index < -0.39 is 0 Å². The Kier molecular flexibility index (Phi) is 5.35. The van der Waals surface area contributed by atoms with E-state index in [1.165, 1.54) is 4.90 Å². The Labute approximate surface area is 114 Å². The van der Waals surface area contributed by atoms with Crippen molar-refractivity contribution in [3.8, 4) is 5.75 Å². The van der Waals surface area contributed by atoms with E-state index in [9.17, 15) is 0 Å². The van der Waals surface area contributed by atoms with E-state index in [0.29, 0.717) is 5.37 Å². The molecule has 1 fully saturated rings. The number of nitrogens with zero attached hydrogens (tertiary/aromatic N) is 1. The van der Waals surface area contributed by atoms with Gasteiger partial charge in [0.05, 0.1) is 12.0 Å². The van der Waals surface area contributed by atoms with Gasteiger partial charge in [0, 0.05) is 31.1 Å². The van der Waals surface area contributed by atoms with E-state index in [2.05, 4.69) is 41.4 Å². The van der Waals surface area contributed by atoms with Gasteiger partial charge in [0.25, 0.3) is 0 Å². The van der Waals surface area contributed by atoms with Crippen LogP contribution in [-0.2, 0) is 0 Å². The predicted octanol–water partition coefficient (Wildman–Crippen LogP) is 2.43. The van der Waals surface area contributed by atoms with Gasteiger partial charge in [0.15, 0.2) is 0 Å². The molecule has 1 aromatic rings. The Balaban J connectivity index is 1.87. The monoisotopic (exact) mass is 266 g/mol. The van der Waals surface area contributed by atoms with Gasteiger partial charge in [-0.25, -0.2) is 0 Å². The van der Waals surface area contributed by atoms with Crippen molar-refractivity contribution in [3.63, 3.8) is 0 Å². The first kappa shape index (κ1) is 13.7. The van der Waals surface area contributed by atoms with E-state index in [-0.39, 0.29) is 0 Å². The lowest BCUT2D eigenvalue weighted by Gasteiger charge is -2.32. The molecule has 1 aliphatic rings. The third-order valence-corrected chi connectivity index (χ3v) is 4.29. The Hall–Kier alpha value is -0.710. The summed E-state index contributed by atoms with van der Waals surface area (Å²) in [5.41, 5.74) is 0. The normalized spacial score (nSPS) is 18.6. The van der Waals surface area contributed by atoms with Crippen LogP contribution in [0.1, 0.15) is 13.8 Å². The van der Waals surface area contributed by atoms with Crippen LogP contribution in [0, 0.1) is 0 Å². The van der Waals surface area contributed by atoms with Crippen molar-refractivity contribution >= 4 is 11.8 Å². The summed E-state index contributed by atoms with van der Waals surface area (Å²) in [4.78, 5) is 3.84. The highest BCUT2D eigenvalue weighted by molar-refractivity contribution is 7.99. The van der Waals surface area contributed by atoms with E-state index in [0.717, 1.165) is 38.5 Å². The molecule has 1 N–H and O–H groups in total. The lowest BCUT2D eigenvalue weighted by atomic mass is 10.3. The summed E-state index contributed by atoms with van der Waals surface area (Å²) < 4.78 is 5.45. The number of hydrogen-bond acceptors (Lipinski definition) is 4. The van der Waals surface area contributed by atoms with Crippen molar-refractivity contribution in [1.82, 2.24) is 10.2 Å². The maximum absolute atomic E-state index is 5.45. The lowest BCUT2D eigenvalue weighted by Crippen LogP contribution is -2.46. The Bertz CT molecular complexity index is 349. The first-order valence-electron chi connectivity index (χ1n) is 6.64. The van der Waals surface area contributed by atoms with E-state index in [1.807, 2.05) is 18.7 Å². The maximum atomic E-state index is 5.45. The van der Waals surface area contributed by atoms with Gasteiger partial charge in [-0.2, -0.15) is 0 Å². The molecule has 0 saturated carbocycles. The first-order chi connectivity index (χ1) is 8.79. The molecule has 18 heavy (non-hydrogen) atoms. The molecule has 1 aliphatic heterocycles. The third-order valence-electron chi connectivity index (χ3n) is 3.11. The van der Waals surface area contributed by atoms with Gasteiger partial charge in [0.1, 0.15) is 5.75 Å². The highest BCUT2D eigenvalue weighted by Gasteiger charge is 2.16. The van der Waals surface area contributed by atoms with Gasteiger partial charge in [-0.05, 0) is 38.1 Å². The quantitative estimate of drug-likeness (QED) is 0.827. The zero-order valence-corrected chi connectivity index (χ0v) is 12.0. The zero-order chi connectivity index (χ0) is 12.8. The fraction of sp³-hybridized carbons (Fsp3) is 0.571. The number of piperazine rings is 1. The number of rotatable bonds is 5. The van der Waals surface area contributed by atoms with Crippen molar-refractivity contribution in [3.05, 3.63) is 24.3 Å². The van der Waals surface area contributed by atoms with Gasteiger partial charge in [-0.3, -0.25) is 4.90 Å². The van der Waals surface area contributed by atoms with Gasteiger partial charge in [-0.1, -0.05) is 0 Å². The largest absolute Gasteiger partial charge is 0.494 e. The number of benzene rings is 1. The summed E-state index contributed by atoms with van der Waals surface area (Å²) in [7, 11) is 0. The van der Waals surface area contributed by atoms with Gasteiger partial charge >= 0.3 is 0 Å². The molecule has 1 atom stereocenters. The summed E-state index contributed by atoms with van der Waals surface area (Å²) in [5, 5.41) is 3.92. The number of hydrogen-bond donors (Lipinski definition) is 1. The van der Waals surface area contributed by atoms with Crippen LogP contribution in [0.25, 0.3) is 0 Å². The summed E-state index contributed by atoms with van der Waals surface area (Å²) in [6.45, 7) is 9.52. The van der Waals surface area contributed by atoms with E-state index in [1.54, 1.807) is 0 Å². The summed E-state index contributed by atoms with van der Waals surface area (Å²) in [6, 6.07) is 8.40. The van der Waals surface area contributed by atoms with Crippen molar-refractivity contribution in [1.29, 1.82) is 0 Å². The average molecular weight is 266 g/mol. The lowest BCUT2D eigenvalue weighted by molar-refractivity contribution is 0.234. The van der Waals surface area contributed by atoms with E-state index in [4.69, 9.17) is 4.74 Å². The SMILES string of the molecule is CCOc1ccc(SC(C)N2CCNCC2)cc1. The molecule has 100 valence electrons. The second-order valence-electron chi connectivity index (χ2n) is 4.41. The molecule has 0 bridgehead atoms.